The van der Waals surface area contributed by atoms with Crippen molar-refractivity contribution >= 4 is 5.91 Å². The molecule has 0 radical (unpaired) electrons. The summed E-state index contributed by atoms with van der Waals surface area (Å²) in [6.45, 7) is 6.03. The van der Waals surface area contributed by atoms with Gasteiger partial charge in [0.15, 0.2) is 17.4 Å². The zero-order valence-corrected chi connectivity index (χ0v) is 14.2. The highest BCUT2D eigenvalue weighted by atomic mass is 19.2. The van der Waals surface area contributed by atoms with Crippen molar-refractivity contribution in [2.75, 3.05) is 13.1 Å². The molecule has 1 aromatic heterocycles. The Morgan fingerprint density at radius 1 is 1.35 bits per heavy atom. The number of amides is 1. The van der Waals surface area contributed by atoms with Crippen LogP contribution < -0.4 is 0 Å². The second-order valence-electron chi connectivity index (χ2n) is 6.68. The van der Waals surface area contributed by atoms with Crippen molar-refractivity contribution in [1.29, 1.82) is 0 Å². The minimum atomic E-state index is -1.73. The molecule has 1 aliphatic heterocycles. The SMILES string of the molecule is CC1CN(C(=O)c2noc(-c3cc(F)c(F)c(O)c3F)n2)CC(C)(C)O1. The first-order valence-corrected chi connectivity index (χ1v) is 7.76. The van der Waals surface area contributed by atoms with Crippen LogP contribution >= 0.6 is 0 Å². The molecule has 1 aliphatic rings. The normalized spacial score (nSPS) is 19.6. The average molecular weight is 371 g/mol. The Labute approximate surface area is 146 Å². The van der Waals surface area contributed by atoms with Crippen LogP contribution in [-0.4, -0.2) is 50.8 Å². The number of benzene rings is 1. The molecule has 10 heteroatoms. The number of hydrogen-bond acceptors (Lipinski definition) is 6. The fraction of sp³-hybridized carbons (Fsp3) is 0.438. The number of rotatable bonds is 2. The third kappa shape index (κ3) is 3.24. The summed E-state index contributed by atoms with van der Waals surface area (Å²) in [4.78, 5) is 17.8. The average Bonchev–Trinajstić information content (AvgIpc) is 3.03. The van der Waals surface area contributed by atoms with Gasteiger partial charge in [-0.2, -0.15) is 9.37 Å². The zero-order chi connectivity index (χ0) is 19.2. The Morgan fingerprint density at radius 2 is 2.04 bits per heavy atom. The Balaban J connectivity index is 1.90. The lowest BCUT2D eigenvalue weighted by Gasteiger charge is -2.41. The second-order valence-corrected chi connectivity index (χ2v) is 6.68. The maximum Gasteiger partial charge on any atom is 0.295 e. The van der Waals surface area contributed by atoms with E-state index in [0.29, 0.717) is 12.6 Å². The fourth-order valence-corrected chi connectivity index (χ4v) is 2.92. The molecule has 0 spiro atoms. The van der Waals surface area contributed by atoms with Crippen LogP contribution in [0.4, 0.5) is 13.2 Å². The first-order chi connectivity index (χ1) is 12.1. The van der Waals surface area contributed by atoms with Gasteiger partial charge in [-0.1, -0.05) is 5.16 Å². The van der Waals surface area contributed by atoms with E-state index in [1.807, 2.05) is 20.8 Å². The number of carbonyl (C=O) groups excluding carboxylic acids is 1. The number of halogens is 3. The van der Waals surface area contributed by atoms with Crippen LogP contribution in [0, 0.1) is 17.5 Å². The molecule has 7 nitrogen and oxygen atoms in total. The topological polar surface area (TPSA) is 88.7 Å². The van der Waals surface area contributed by atoms with Gasteiger partial charge in [0.1, 0.15) is 0 Å². The van der Waals surface area contributed by atoms with Gasteiger partial charge in [0.25, 0.3) is 17.6 Å². The van der Waals surface area contributed by atoms with E-state index in [2.05, 4.69) is 10.1 Å². The predicted molar refractivity (Wildman–Crippen MR) is 81.8 cm³/mol. The molecule has 1 fully saturated rings. The highest BCUT2D eigenvalue weighted by molar-refractivity contribution is 5.91. The van der Waals surface area contributed by atoms with E-state index in [-0.39, 0.29) is 18.5 Å². The molecule has 0 saturated carbocycles. The molecule has 0 bridgehead atoms. The molecule has 140 valence electrons. The van der Waals surface area contributed by atoms with Crippen molar-refractivity contribution in [1.82, 2.24) is 15.0 Å². The van der Waals surface area contributed by atoms with Gasteiger partial charge in [-0.15, -0.1) is 0 Å². The molecule has 3 rings (SSSR count). The van der Waals surface area contributed by atoms with Crippen LogP contribution in [0.2, 0.25) is 0 Å². The molecule has 1 unspecified atom stereocenters. The smallest absolute Gasteiger partial charge is 0.295 e. The summed E-state index contributed by atoms with van der Waals surface area (Å²) in [7, 11) is 0. The molecular weight excluding hydrogens is 355 g/mol. The minimum Gasteiger partial charge on any atom is -0.503 e. The summed E-state index contributed by atoms with van der Waals surface area (Å²) in [5.74, 6) is -7.69. The molecule has 1 saturated heterocycles. The molecule has 0 aliphatic carbocycles. The monoisotopic (exact) mass is 371 g/mol. The second kappa shape index (κ2) is 6.27. The maximum absolute atomic E-state index is 13.9. The summed E-state index contributed by atoms with van der Waals surface area (Å²) in [5.41, 5.74) is -1.22. The molecule has 1 aromatic carbocycles. The van der Waals surface area contributed by atoms with Gasteiger partial charge in [-0.3, -0.25) is 4.79 Å². The minimum absolute atomic E-state index is 0.213. The van der Waals surface area contributed by atoms with Gasteiger partial charge in [0.2, 0.25) is 5.82 Å². The van der Waals surface area contributed by atoms with Crippen molar-refractivity contribution in [3.8, 4) is 17.2 Å². The molecule has 2 aromatic rings. The number of aromatic hydroxyl groups is 1. The molecule has 1 atom stereocenters. The molecule has 26 heavy (non-hydrogen) atoms. The third-order valence-electron chi connectivity index (χ3n) is 3.84. The number of morpholine rings is 1. The zero-order valence-electron chi connectivity index (χ0n) is 14.2. The van der Waals surface area contributed by atoms with Crippen molar-refractivity contribution in [2.24, 2.45) is 0 Å². The van der Waals surface area contributed by atoms with Gasteiger partial charge in [-0.05, 0) is 26.8 Å². The van der Waals surface area contributed by atoms with E-state index in [4.69, 9.17) is 9.26 Å². The van der Waals surface area contributed by atoms with Gasteiger partial charge < -0.3 is 19.3 Å². The van der Waals surface area contributed by atoms with Crippen LogP contribution in [0.1, 0.15) is 31.4 Å². The van der Waals surface area contributed by atoms with Crippen LogP contribution in [0.3, 0.4) is 0 Å². The van der Waals surface area contributed by atoms with Crippen LogP contribution in [0.15, 0.2) is 10.6 Å². The Kier molecular flexibility index (Phi) is 4.39. The number of nitrogens with zero attached hydrogens (tertiary/aromatic N) is 3. The lowest BCUT2D eigenvalue weighted by atomic mass is 10.1. The van der Waals surface area contributed by atoms with E-state index >= 15 is 0 Å². The van der Waals surface area contributed by atoms with E-state index in [0.717, 1.165) is 0 Å². The van der Waals surface area contributed by atoms with E-state index in [1.54, 1.807) is 0 Å². The molecular formula is C16H16F3N3O4. The number of carbonyl (C=O) groups is 1. The lowest BCUT2D eigenvalue weighted by molar-refractivity contribution is -0.119. The van der Waals surface area contributed by atoms with Crippen LogP contribution in [0.25, 0.3) is 11.5 Å². The van der Waals surface area contributed by atoms with Gasteiger partial charge in [-0.25, -0.2) is 8.78 Å². The van der Waals surface area contributed by atoms with E-state index in [9.17, 15) is 23.1 Å². The number of phenolic OH excluding ortho intramolecular Hbond substituents is 1. The standard InChI is InChI=1S/C16H16F3N3O4/c1-7-5-22(6-16(2,3)25-7)15(24)13-20-14(26-21-13)8-4-9(17)11(19)12(23)10(8)18/h4,7,23H,5-6H2,1-3H3. The maximum atomic E-state index is 13.9. The molecule has 1 amide bonds. The van der Waals surface area contributed by atoms with Crippen LogP contribution in [0.5, 0.6) is 5.75 Å². The Bertz CT molecular complexity index is 869. The summed E-state index contributed by atoms with van der Waals surface area (Å²) in [6, 6.07) is 0.464. The number of hydrogen-bond donors (Lipinski definition) is 1. The summed E-state index contributed by atoms with van der Waals surface area (Å²) in [5, 5.41) is 12.7. The summed E-state index contributed by atoms with van der Waals surface area (Å²) < 4.78 is 51.0. The Hall–Kier alpha value is -2.62. The van der Waals surface area contributed by atoms with Crippen molar-refractivity contribution in [3.63, 3.8) is 0 Å². The fourth-order valence-electron chi connectivity index (χ4n) is 2.92. The van der Waals surface area contributed by atoms with E-state index in [1.165, 1.54) is 4.90 Å². The first kappa shape index (κ1) is 18.2. The number of phenols is 1. The summed E-state index contributed by atoms with van der Waals surface area (Å²) >= 11 is 0. The highest BCUT2D eigenvalue weighted by Crippen LogP contribution is 2.32. The highest BCUT2D eigenvalue weighted by Gasteiger charge is 2.36. The quantitative estimate of drug-likeness (QED) is 0.816. The van der Waals surface area contributed by atoms with Crippen molar-refractivity contribution in [2.45, 2.75) is 32.5 Å². The lowest BCUT2D eigenvalue weighted by Crippen LogP contribution is -2.54. The number of ether oxygens (including phenoxy) is 1. The van der Waals surface area contributed by atoms with Crippen LogP contribution in [-0.2, 0) is 4.74 Å². The number of aromatic nitrogens is 2. The largest absolute Gasteiger partial charge is 0.503 e. The Morgan fingerprint density at radius 3 is 2.69 bits per heavy atom. The third-order valence-corrected chi connectivity index (χ3v) is 3.84. The van der Waals surface area contributed by atoms with Crippen molar-refractivity contribution < 1.29 is 32.3 Å². The molecule has 1 N–H and O–H groups in total. The predicted octanol–water partition coefficient (Wildman–Crippen LogP) is 2.50. The first-order valence-electron chi connectivity index (χ1n) is 7.76. The summed E-state index contributed by atoms with van der Waals surface area (Å²) in [6.07, 6.45) is -0.213. The molecule has 2 heterocycles. The van der Waals surface area contributed by atoms with E-state index < -0.39 is 46.2 Å². The van der Waals surface area contributed by atoms with Gasteiger partial charge in [0.05, 0.1) is 17.3 Å². The van der Waals surface area contributed by atoms with Crippen molar-refractivity contribution in [3.05, 3.63) is 29.3 Å². The van der Waals surface area contributed by atoms with Gasteiger partial charge >= 0.3 is 0 Å². The van der Waals surface area contributed by atoms with Gasteiger partial charge in [0, 0.05) is 13.1 Å².